The van der Waals surface area contributed by atoms with Gasteiger partial charge in [-0.1, -0.05) is 26.0 Å². The number of ether oxygens (including phenoxy) is 1. The fraction of sp³-hybridized carbons (Fsp3) is 0.600. The highest BCUT2D eigenvalue weighted by atomic mass is 32.2. The Bertz CT molecular complexity index is 424. The summed E-state index contributed by atoms with van der Waals surface area (Å²) in [6.45, 7) is 5.81. The largest absolute Gasteiger partial charge is 0.381 e. The molecule has 2 N–H and O–H groups in total. The molecule has 4 heteroatoms. The molecule has 19 heavy (non-hydrogen) atoms. The highest BCUT2D eigenvalue weighted by Crippen LogP contribution is 2.19. The van der Waals surface area contributed by atoms with Gasteiger partial charge in [0.25, 0.3) is 0 Å². The van der Waals surface area contributed by atoms with Gasteiger partial charge in [0.05, 0.1) is 17.4 Å². The second kappa shape index (κ2) is 6.64. The Labute approximate surface area is 118 Å². The zero-order valence-electron chi connectivity index (χ0n) is 11.7. The number of hydrogen-bond donors (Lipinski definition) is 1. The highest BCUT2D eigenvalue weighted by Gasteiger charge is 2.24. The quantitative estimate of drug-likeness (QED) is 0.901. The van der Waals surface area contributed by atoms with E-state index in [0.29, 0.717) is 24.2 Å². The molecule has 1 aromatic carbocycles. The summed E-state index contributed by atoms with van der Waals surface area (Å²) in [6.07, 6.45) is 0.991. The van der Waals surface area contributed by atoms with E-state index in [1.54, 1.807) is 0 Å². The van der Waals surface area contributed by atoms with E-state index >= 15 is 0 Å². The maximum atomic E-state index is 12.3. The third-order valence-electron chi connectivity index (χ3n) is 3.72. The van der Waals surface area contributed by atoms with Crippen LogP contribution in [0.25, 0.3) is 0 Å². The molecule has 1 aromatic rings. The van der Waals surface area contributed by atoms with Crippen LogP contribution in [-0.4, -0.2) is 29.2 Å². The van der Waals surface area contributed by atoms with Crippen LogP contribution in [0.5, 0.6) is 0 Å². The van der Waals surface area contributed by atoms with E-state index in [4.69, 9.17) is 10.5 Å². The molecule has 0 saturated carbocycles. The first kappa shape index (κ1) is 14.7. The smallest absolute Gasteiger partial charge is 0.0545 e. The van der Waals surface area contributed by atoms with Crippen LogP contribution >= 0.6 is 0 Å². The number of hydrogen-bond acceptors (Lipinski definition) is 3. The van der Waals surface area contributed by atoms with Crippen molar-refractivity contribution in [1.29, 1.82) is 0 Å². The average Bonchev–Trinajstić information content (AvgIpc) is 2.92. The van der Waals surface area contributed by atoms with E-state index < -0.39 is 10.8 Å². The molecule has 1 aliphatic heterocycles. The minimum atomic E-state index is -1.01. The van der Waals surface area contributed by atoms with Crippen molar-refractivity contribution in [3.63, 3.8) is 0 Å². The van der Waals surface area contributed by atoms with Crippen LogP contribution in [0, 0.1) is 5.92 Å². The van der Waals surface area contributed by atoms with Crippen molar-refractivity contribution in [3.8, 4) is 0 Å². The molecule has 0 aliphatic carbocycles. The molecule has 3 unspecified atom stereocenters. The highest BCUT2D eigenvalue weighted by molar-refractivity contribution is 7.85. The van der Waals surface area contributed by atoms with Gasteiger partial charge >= 0.3 is 0 Å². The molecule has 1 aliphatic rings. The van der Waals surface area contributed by atoms with Crippen LogP contribution in [0.2, 0.25) is 0 Å². The van der Waals surface area contributed by atoms with Crippen LogP contribution < -0.4 is 5.73 Å². The Morgan fingerprint density at radius 3 is 2.58 bits per heavy atom. The molecule has 106 valence electrons. The van der Waals surface area contributed by atoms with E-state index in [2.05, 4.69) is 26.0 Å². The maximum Gasteiger partial charge on any atom is 0.0545 e. The standard InChI is InChI=1S/C15H23NO2S/c1-11(2)12-3-5-14(6-4-12)19(17)10-15(16)13-7-8-18-9-13/h3-6,11,13,15H,7-10,16H2,1-2H3. The summed E-state index contributed by atoms with van der Waals surface area (Å²) in [5.74, 6) is 1.38. The van der Waals surface area contributed by atoms with Gasteiger partial charge in [-0.05, 0) is 30.0 Å². The first-order valence-electron chi connectivity index (χ1n) is 6.89. The Balaban J connectivity index is 1.95. The molecule has 0 amide bonds. The van der Waals surface area contributed by atoms with Crippen LogP contribution in [0.15, 0.2) is 29.2 Å². The van der Waals surface area contributed by atoms with E-state index in [-0.39, 0.29) is 6.04 Å². The fourth-order valence-corrected chi connectivity index (χ4v) is 3.56. The summed E-state index contributed by atoms with van der Waals surface area (Å²) >= 11 is 0. The molecule has 0 bridgehead atoms. The van der Waals surface area contributed by atoms with Crippen molar-refractivity contribution in [3.05, 3.63) is 29.8 Å². The van der Waals surface area contributed by atoms with Gasteiger partial charge in [-0.2, -0.15) is 0 Å². The number of benzene rings is 1. The SMILES string of the molecule is CC(C)c1ccc(S(=O)CC(N)C2CCOC2)cc1. The summed E-state index contributed by atoms with van der Waals surface area (Å²) in [7, 11) is -1.01. The van der Waals surface area contributed by atoms with Crippen molar-refractivity contribution in [1.82, 2.24) is 0 Å². The van der Waals surface area contributed by atoms with Gasteiger partial charge in [0.1, 0.15) is 0 Å². The van der Waals surface area contributed by atoms with Crippen molar-refractivity contribution in [2.24, 2.45) is 11.7 Å². The summed E-state index contributed by atoms with van der Waals surface area (Å²) in [5, 5.41) is 0. The van der Waals surface area contributed by atoms with Crippen molar-refractivity contribution >= 4 is 10.8 Å². The van der Waals surface area contributed by atoms with Crippen LogP contribution in [0.4, 0.5) is 0 Å². The predicted molar refractivity (Wildman–Crippen MR) is 78.7 cm³/mol. The second-order valence-corrected chi connectivity index (χ2v) is 7.02. The molecule has 3 atom stereocenters. The molecule has 0 radical (unpaired) electrons. The average molecular weight is 281 g/mol. The van der Waals surface area contributed by atoms with E-state index in [1.807, 2.05) is 12.1 Å². The lowest BCUT2D eigenvalue weighted by Gasteiger charge is -2.17. The summed E-state index contributed by atoms with van der Waals surface area (Å²) in [6, 6.07) is 8.00. The monoisotopic (exact) mass is 281 g/mol. The molecule has 2 rings (SSSR count). The molecular weight excluding hydrogens is 258 g/mol. The number of rotatable bonds is 5. The van der Waals surface area contributed by atoms with Crippen molar-refractivity contribution in [2.45, 2.75) is 37.1 Å². The normalized spacial score (nSPS) is 22.6. The zero-order chi connectivity index (χ0) is 13.8. The van der Waals surface area contributed by atoms with Gasteiger partial charge in [0.2, 0.25) is 0 Å². The van der Waals surface area contributed by atoms with Gasteiger partial charge in [-0.25, -0.2) is 0 Å². The summed E-state index contributed by atoms with van der Waals surface area (Å²) < 4.78 is 17.6. The Kier molecular flexibility index (Phi) is 5.13. The Hall–Kier alpha value is -0.710. The summed E-state index contributed by atoms with van der Waals surface area (Å²) in [4.78, 5) is 0.874. The lowest BCUT2D eigenvalue weighted by Crippen LogP contribution is -2.35. The van der Waals surface area contributed by atoms with Crippen molar-refractivity contribution < 1.29 is 8.95 Å². The lowest BCUT2D eigenvalue weighted by molar-refractivity contribution is 0.182. The van der Waals surface area contributed by atoms with Crippen LogP contribution in [0.1, 0.15) is 31.7 Å². The van der Waals surface area contributed by atoms with Gasteiger partial charge in [0.15, 0.2) is 0 Å². The number of nitrogens with two attached hydrogens (primary N) is 1. The predicted octanol–water partition coefficient (Wildman–Crippen LogP) is 2.28. The van der Waals surface area contributed by atoms with E-state index in [9.17, 15) is 4.21 Å². The maximum absolute atomic E-state index is 12.3. The Morgan fingerprint density at radius 2 is 2.05 bits per heavy atom. The fourth-order valence-electron chi connectivity index (χ4n) is 2.30. The van der Waals surface area contributed by atoms with Gasteiger partial charge in [-0.15, -0.1) is 0 Å². The minimum absolute atomic E-state index is 0.0342. The zero-order valence-corrected chi connectivity index (χ0v) is 12.5. The lowest BCUT2D eigenvalue weighted by atomic mass is 10.0. The van der Waals surface area contributed by atoms with Crippen LogP contribution in [0.3, 0.4) is 0 Å². The first-order chi connectivity index (χ1) is 9.08. The van der Waals surface area contributed by atoms with E-state index in [0.717, 1.165) is 17.9 Å². The third kappa shape index (κ3) is 3.88. The second-order valence-electron chi connectivity index (χ2n) is 5.52. The Morgan fingerprint density at radius 1 is 1.37 bits per heavy atom. The molecule has 3 nitrogen and oxygen atoms in total. The van der Waals surface area contributed by atoms with Gasteiger partial charge in [0, 0.05) is 29.2 Å². The van der Waals surface area contributed by atoms with Gasteiger partial charge in [-0.3, -0.25) is 4.21 Å². The first-order valence-corrected chi connectivity index (χ1v) is 8.21. The van der Waals surface area contributed by atoms with Crippen molar-refractivity contribution in [2.75, 3.05) is 19.0 Å². The molecule has 0 spiro atoms. The summed E-state index contributed by atoms with van der Waals surface area (Å²) in [5.41, 5.74) is 7.39. The molecule has 1 heterocycles. The molecule has 1 fully saturated rings. The van der Waals surface area contributed by atoms with Crippen LogP contribution in [-0.2, 0) is 15.5 Å². The van der Waals surface area contributed by atoms with Gasteiger partial charge < -0.3 is 10.5 Å². The molecule has 1 saturated heterocycles. The molecule has 0 aromatic heterocycles. The third-order valence-corrected chi connectivity index (χ3v) is 5.21. The topological polar surface area (TPSA) is 52.3 Å². The molecular formula is C15H23NO2S. The van der Waals surface area contributed by atoms with E-state index in [1.165, 1.54) is 5.56 Å². The minimum Gasteiger partial charge on any atom is -0.381 e.